The number of anilines is 4. The highest BCUT2D eigenvalue weighted by molar-refractivity contribution is 5.78. The van der Waals surface area contributed by atoms with Crippen LogP contribution in [-0.4, -0.2) is 66.4 Å². The third kappa shape index (κ3) is 11.6. The number of aryl methyl sites for hydroxylation is 1. The van der Waals surface area contributed by atoms with Gasteiger partial charge in [-0.15, -0.1) is 0 Å². The highest BCUT2D eigenvalue weighted by Crippen LogP contribution is 2.18. The van der Waals surface area contributed by atoms with Crippen LogP contribution < -0.4 is 27.0 Å². The maximum Gasteiger partial charge on any atom is 0.233 e. The van der Waals surface area contributed by atoms with Gasteiger partial charge in [-0.05, 0) is 44.0 Å². The van der Waals surface area contributed by atoms with Gasteiger partial charge >= 0.3 is 0 Å². The van der Waals surface area contributed by atoms with Crippen molar-refractivity contribution >= 4 is 29.4 Å². The molecule has 0 atom stereocenters. The first-order valence-corrected chi connectivity index (χ1v) is 13.2. The lowest BCUT2D eigenvalue weighted by molar-refractivity contribution is -0.120. The fourth-order valence-corrected chi connectivity index (χ4v) is 3.47. The number of aromatic nitrogens is 3. The van der Waals surface area contributed by atoms with Gasteiger partial charge in [-0.2, -0.15) is 15.0 Å². The molecule has 0 aliphatic carbocycles. The Hall–Kier alpha value is -3.80. The molecule has 0 fully saturated rings. The maximum absolute atomic E-state index is 12.2. The normalized spacial score (nSPS) is 10.9. The predicted octanol–water partition coefficient (Wildman–Crippen LogP) is 3.01. The van der Waals surface area contributed by atoms with Crippen molar-refractivity contribution in [3.63, 3.8) is 0 Å². The van der Waals surface area contributed by atoms with Gasteiger partial charge in [0.1, 0.15) is 0 Å². The van der Waals surface area contributed by atoms with Crippen LogP contribution in [0, 0.1) is 6.92 Å². The van der Waals surface area contributed by atoms with Crippen molar-refractivity contribution in [1.82, 2.24) is 20.3 Å². The second-order valence-electron chi connectivity index (χ2n) is 9.31. The van der Waals surface area contributed by atoms with Crippen molar-refractivity contribution < 1.29 is 14.3 Å². The van der Waals surface area contributed by atoms with Crippen LogP contribution in [0.2, 0.25) is 0 Å². The third-order valence-corrected chi connectivity index (χ3v) is 5.40. The molecule has 1 amide bonds. The van der Waals surface area contributed by atoms with Crippen LogP contribution in [0.5, 0.6) is 0 Å². The molecule has 210 valence electrons. The van der Waals surface area contributed by atoms with Crippen LogP contribution in [0.25, 0.3) is 0 Å². The number of benzene rings is 2. The second kappa shape index (κ2) is 16.2. The monoisotopic (exact) mass is 536 g/mol. The molecule has 0 aliphatic rings. The van der Waals surface area contributed by atoms with E-state index in [1.165, 1.54) is 5.56 Å². The maximum atomic E-state index is 12.2. The molecule has 11 nitrogen and oxygen atoms in total. The number of nitrogens with two attached hydrogens (primary N) is 1. The zero-order valence-corrected chi connectivity index (χ0v) is 23.0. The highest BCUT2D eigenvalue weighted by Gasteiger charge is 2.09. The summed E-state index contributed by atoms with van der Waals surface area (Å²) in [5.41, 5.74) is 9.40. The van der Waals surface area contributed by atoms with E-state index in [4.69, 9.17) is 15.2 Å². The number of carbonyl (C=O) groups excluding carboxylic acids is 1. The Kier molecular flexibility index (Phi) is 12.4. The van der Waals surface area contributed by atoms with Crippen molar-refractivity contribution in [2.75, 3.05) is 55.5 Å². The number of nitrogens with one attached hydrogen (secondary N) is 4. The summed E-state index contributed by atoms with van der Waals surface area (Å²) in [5, 5.41) is 12.6. The summed E-state index contributed by atoms with van der Waals surface area (Å²) in [4.78, 5) is 25.8. The molecule has 1 heterocycles. The Morgan fingerprint density at radius 3 is 2.18 bits per heavy atom. The van der Waals surface area contributed by atoms with E-state index >= 15 is 0 Å². The number of ether oxygens (including phenoxy) is 2. The largest absolute Gasteiger partial charge is 0.378 e. The molecule has 2 aromatic carbocycles. The second-order valence-corrected chi connectivity index (χ2v) is 9.31. The first-order chi connectivity index (χ1) is 18.9. The van der Waals surface area contributed by atoms with Gasteiger partial charge in [0.15, 0.2) is 0 Å². The van der Waals surface area contributed by atoms with Gasteiger partial charge in [0.2, 0.25) is 23.8 Å². The fraction of sp³-hybridized carbons (Fsp3) is 0.429. The van der Waals surface area contributed by atoms with E-state index in [1.807, 2.05) is 38.1 Å². The fourth-order valence-electron chi connectivity index (χ4n) is 3.47. The SMILES string of the molecule is Cc1ccc(CNc2nc(Nc3ccc(CC(=O)NCCOCCOCCN)cc3)nc(NC(C)C)n2)cc1. The lowest BCUT2D eigenvalue weighted by Gasteiger charge is -2.13. The molecule has 3 rings (SSSR count). The van der Waals surface area contributed by atoms with Gasteiger partial charge in [0.25, 0.3) is 0 Å². The average Bonchev–Trinajstić information content (AvgIpc) is 2.90. The van der Waals surface area contributed by atoms with Crippen molar-refractivity contribution in [3.8, 4) is 0 Å². The van der Waals surface area contributed by atoms with E-state index in [1.54, 1.807) is 0 Å². The molecule has 0 saturated carbocycles. The molecule has 0 bridgehead atoms. The number of amides is 1. The standard InChI is InChI=1S/C28H40N8O3/c1-20(2)32-27-34-26(31-19-23-6-4-21(3)5-7-23)35-28(36-27)33-24-10-8-22(9-11-24)18-25(37)30-13-15-39-17-16-38-14-12-29/h4-11,20H,12-19,29H2,1-3H3,(H,30,37)(H3,31,32,33,34,35,36). The van der Waals surface area contributed by atoms with Gasteiger partial charge in [-0.1, -0.05) is 42.0 Å². The van der Waals surface area contributed by atoms with E-state index in [-0.39, 0.29) is 18.4 Å². The van der Waals surface area contributed by atoms with Crippen molar-refractivity contribution in [2.45, 2.75) is 39.8 Å². The van der Waals surface area contributed by atoms with Crippen LogP contribution in [0.3, 0.4) is 0 Å². The smallest absolute Gasteiger partial charge is 0.233 e. The lowest BCUT2D eigenvalue weighted by Crippen LogP contribution is -2.29. The first-order valence-electron chi connectivity index (χ1n) is 13.2. The lowest BCUT2D eigenvalue weighted by atomic mass is 10.1. The Morgan fingerprint density at radius 2 is 1.49 bits per heavy atom. The number of hydrogen-bond acceptors (Lipinski definition) is 10. The Morgan fingerprint density at radius 1 is 0.846 bits per heavy atom. The van der Waals surface area contributed by atoms with E-state index in [0.717, 1.165) is 16.8 Å². The summed E-state index contributed by atoms with van der Waals surface area (Å²) in [7, 11) is 0. The molecule has 3 aromatic rings. The quantitative estimate of drug-likeness (QED) is 0.163. The molecule has 0 unspecified atom stereocenters. The van der Waals surface area contributed by atoms with Gasteiger partial charge in [-0.25, -0.2) is 0 Å². The van der Waals surface area contributed by atoms with Crippen molar-refractivity contribution in [3.05, 3.63) is 65.2 Å². The molecule has 6 N–H and O–H groups in total. The summed E-state index contributed by atoms with van der Waals surface area (Å²) in [6.07, 6.45) is 0.279. The Balaban J connectivity index is 1.51. The van der Waals surface area contributed by atoms with E-state index in [9.17, 15) is 4.79 Å². The summed E-state index contributed by atoms with van der Waals surface area (Å²) < 4.78 is 10.7. The zero-order chi connectivity index (χ0) is 27.9. The van der Waals surface area contributed by atoms with Crippen LogP contribution >= 0.6 is 0 Å². The van der Waals surface area contributed by atoms with Crippen LogP contribution in [0.1, 0.15) is 30.5 Å². The number of carbonyl (C=O) groups is 1. The summed E-state index contributed by atoms with van der Waals surface area (Å²) in [6, 6.07) is 16.1. The highest BCUT2D eigenvalue weighted by atomic mass is 16.5. The minimum atomic E-state index is -0.0650. The Bertz CT molecular complexity index is 1140. The molecular formula is C28H40N8O3. The van der Waals surface area contributed by atoms with Crippen molar-refractivity contribution in [2.24, 2.45) is 5.73 Å². The average molecular weight is 537 g/mol. The van der Waals surface area contributed by atoms with Gasteiger partial charge in [0, 0.05) is 31.4 Å². The third-order valence-electron chi connectivity index (χ3n) is 5.40. The zero-order valence-electron chi connectivity index (χ0n) is 23.0. The van der Waals surface area contributed by atoms with Crippen LogP contribution in [0.4, 0.5) is 23.5 Å². The number of nitrogens with zero attached hydrogens (tertiary/aromatic N) is 3. The minimum Gasteiger partial charge on any atom is -0.378 e. The van der Waals surface area contributed by atoms with Crippen LogP contribution in [-0.2, 0) is 27.2 Å². The summed E-state index contributed by atoms with van der Waals surface area (Å²) in [5.74, 6) is 1.30. The molecule has 0 aliphatic heterocycles. The molecule has 0 spiro atoms. The molecule has 0 saturated heterocycles. The first kappa shape index (κ1) is 29.8. The molecular weight excluding hydrogens is 496 g/mol. The van der Waals surface area contributed by atoms with Gasteiger partial charge < -0.3 is 36.5 Å². The van der Waals surface area contributed by atoms with E-state index in [2.05, 4.69) is 67.4 Å². The van der Waals surface area contributed by atoms with E-state index in [0.29, 0.717) is 63.9 Å². The molecule has 0 radical (unpaired) electrons. The number of hydrogen-bond donors (Lipinski definition) is 5. The van der Waals surface area contributed by atoms with Gasteiger partial charge in [0.05, 0.1) is 32.8 Å². The molecule has 39 heavy (non-hydrogen) atoms. The summed E-state index contributed by atoms with van der Waals surface area (Å²) in [6.45, 7) is 9.58. The van der Waals surface area contributed by atoms with Gasteiger partial charge in [-0.3, -0.25) is 4.79 Å². The van der Waals surface area contributed by atoms with Crippen LogP contribution in [0.15, 0.2) is 48.5 Å². The van der Waals surface area contributed by atoms with E-state index < -0.39 is 0 Å². The topological polar surface area (TPSA) is 148 Å². The Labute approximate surface area is 230 Å². The predicted molar refractivity (Wildman–Crippen MR) is 154 cm³/mol. The van der Waals surface area contributed by atoms with Crippen molar-refractivity contribution in [1.29, 1.82) is 0 Å². The summed E-state index contributed by atoms with van der Waals surface area (Å²) >= 11 is 0. The number of rotatable bonds is 17. The molecule has 1 aromatic heterocycles. The molecule has 11 heteroatoms. The minimum absolute atomic E-state index is 0.0650.